The highest BCUT2D eigenvalue weighted by Crippen LogP contribution is 2.45. The third-order valence-electron chi connectivity index (χ3n) is 6.91. The Hall–Kier alpha value is -2.74. The van der Waals surface area contributed by atoms with E-state index in [4.69, 9.17) is 0 Å². The van der Waals surface area contributed by atoms with Crippen LogP contribution in [0.1, 0.15) is 35.6 Å². The van der Waals surface area contributed by atoms with Crippen LogP contribution in [0, 0.1) is 5.92 Å². The SMILES string of the molecule is Cn1c2c(c3ccccc31)C=CC(C1=CC3Nc4ccccc4C3CC1)C2. The first-order chi connectivity index (χ1) is 13.3. The minimum absolute atomic E-state index is 0.466. The Morgan fingerprint density at radius 2 is 1.89 bits per heavy atom. The molecule has 0 radical (unpaired) electrons. The highest BCUT2D eigenvalue weighted by molar-refractivity contribution is 5.92. The maximum absolute atomic E-state index is 3.75. The van der Waals surface area contributed by atoms with Gasteiger partial charge in [-0.25, -0.2) is 0 Å². The van der Waals surface area contributed by atoms with E-state index in [9.17, 15) is 0 Å². The summed E-state index contributed by atoms with van der Waals surface area (Å²) in [5, 5.41) is 5.14. The zero-order valence-corrected chi connectivity index (χ0v) is 15.7. The van der Waals surface area contributed by atoms with Crippen molar-refractivity contribution in [3.05, 3.63) is 83.1 Å². The van der Waals surface area contributed by atoms with E-state index in [2.05, 4.69) is 83.7 Å². The van der Waals surface area contributed by atoms with Crippen LogP contribution in [-0.2, 0) is 13.5 Å². The maximum Gasteiger partial charge on any atom is 0.0516 e. The molecular weight excluding hydrogens is 328 g/mol. The first-order valence-electron chi connectivity index (χ1n) is 10.1. The second kappa shape index (κ2) is 5.63. The Bertz CT molecular complexity index is 1110. The Kier molecular flexibility index (Phi) is 3.19. The fourth-order valence-corrected chi connectivity index (χ4v) is 5.52. The summed E-state index contributed by atoms with van der Waals surface area (Å²) in [4.78, 5) is 0. The summed E-state index contributed by atoms with van der Waals surface area (Å²) in [6, 6.07) is 18.1. The Morgan fingerprint density at radius 1 is 1.04 bits per heavy atom. The molecule has 0 spiro atoms. The lowest BCUT2D eigenvalue weighted by Gasteiger charge is -2.29. The van der Waals surface area contributed by atoms with Gasteiger partial charge in [0.05, 0.1) is 6.04 Å². The summed E-state index contributed by atoms with van der Waals surface area (Å²) in [5.41, 5.74) is 8.70. The number of benzene rings is 2. The lowest BCUT2D eigenvalue weighted by Crippen LogP contribution is -2.25. The number of hydrogen-bond acceptors (Lipinski definition) is 1. The summed E-state index contributed by atoms with van der Waals surface area (Å²) in [7, 11) is 2.22. The summed E-state index contributed by atoms with van der Waals surface area (Å²) in [6.07, 6.45) is 10.9. The molecule has 6 rings (SSSR count). The number of aryl methyl sites for hydroxylation is 1. The van der Waals surface area contributed by atoms with E-state index in [1.807, 2.05) is 0 Å². The molecule has 1 aliphatic heterocycles. The summed E-state index contributed by atoms with van der Waals surface area (Å²) in [5.74, 6) is 1.18. The van der Waals surface area contributed by atoms with Crippen molar-refractivity contribution in [3.63, 3.8) is 0 Å². The van der Waals surface area contributed by atoms with Crippen molar-refractivity contribution in [1.82, 2.24) is 4.57 Å². The van der Waals surface area contributed by atoms with Crippen molar-refractivity contribution in [2.24, 2.45) is 13.0 Å². The predicted octanol–water partition coefficient (Wildman–Crippen LogP) is 5.66. The van der Waals surface area contributed by atoms with Gasteiger partial charge in [-0.05, 0) is 37.0 Å². The third kappa shape index (κ3) is 2.19. The lowest BCUT2D eigenvalue weighted by atomic mass is 9.77. The smallest absolute Gasteiger partial charge is 0.0516 e. The van der Waals surface area contributed by atoms with Gasteiger partial charge in [-0.1, -0.05) is 60.2 Å². The number of allylic oxidation sites excluding steroid dienone is 2. The molecule has 2 heterocycles. The Balaban J connectivity index is 1.33. The van der Waals surface area contributed by atoms with Crippen molar-refractivity contribution >= 4 is 22.7 Å². The van der Waals surface area contributed by atoms with Gasteiger partial charge in [0.1, 0.15) is 0 Å². The molecule has 2 heteroatoms. The van der Waals surface area contributed by atoms with E-state index in [0.717, 1.165) is 6.42 Å². The quantitative estimate of drug-likeness (QED) is 0.559. The molecule has 27 heavy (non-hydrogen) atoms. The monoisotopic (exact) mass is 352 g/mol. The van der Waals surface area contributed by atoms with Crippen LogP contribution in [-0.4, -0.2) is 10.6 Å². The van der Waals surface area contributed by atoms with Crippen LogP contribution >= 0.6 is 0 Å². The average Bonchev–Trinajstić information content (AvgIpc) is 3.23. The zero-order chi connectivity index (χ0) is 18.0. The molecular formula is C25H24N2. The van der Waals surface area contributed by atoms with Gasteiger partial charge in [0.15, 0.2) is 0 Å². The summed E-state index contributed by atoms with van der Waals surface area (Å²) < 4.78 is 2.40. The molecule has 0 fully saturated rings. The number of fused-ring (bicyclic) bond motifs is 6. The third-order valence-corrected chi connectivity index (χ3v) is 6.91. The molecule has 134 valence electrons. The number of hydrogen-bond donors (Lipinski definition) is 1. The zero-order valence-electron chi connectivity index (χ0n) is 15.7. The number of aromatic nitrogens is 1. The van der Waals surface area contributed by atoms with Gasteiger partial charge in [-0.3, -0.25) is 0 Å². The first kappa shape index (κ1) is 15.3. The fourth-order valence-electron chi connectivity index (χ4n) is 5.52. The minimum Gasteiger partial charge on any atom is -0.378 e. The lowest BCUT2D eigenvalue weighted by molar-refractivity contribution is 0.540. The van der Waals surface area contributed by atoms with E-state index >= 15 is 0 Å². The second-order valence-corrected chi connectivity index (χ2v) is 8.25. The molecule has 3 atom stereocenters. The van der Waals surface area contributed by atoms with Crippen LogP contribution in [0.15, 0.2) is 66.3 Å². The molecule has 1 aromatic heterocycles. The predicted molar refractivity (Wildman–Crippen MR) is 113 cm³/mol. The molecule has 3 unspecified atom stereocenters. The van der Waals surface area contributed by atoms with Crippen molar-refractivity contribution in [3.8, 4) is 0 Å². The molecule has 1 N–H and O–H groups in total. The van der Waals surface area contributed by atoms with Crippen LogP contribution in [0.5, 0.6) is 0 Å². The first-order valence-corrected chi connectivity index (χ1v) is 10.1. The molecule has 2 aromatic carbocycles. The van der Waals surface area contributed by atoms with E-state index in [1.54, 1.807) is 5.57 Å². The van der Waals surface area contributed by atoms with Gasteiger partial charge in [-0.2, -0.15) is 0 Å². The van der Waals surface area contributed by atoms with Crippen molar-refractivity contribution in [1.29, 1.82) is 0 Å². The molecule has 3 aliphatic rings. The topological polar surface area (TPSA) is 17.0 Å². The number of para-hydroxylation sites is 2. The Morgan fingerprint density at radius 3 is 2.85 bits per heavy atom. The molecule has 0 bridgehead atoms. The van der Waals surface area contributed by atoms with E-state index in [0.29, 0.717) is 17.9 Å². The van der Waals surface area contributed by atoms with Crippen molar-refractivity contribution < 1.29 is 0 Å². The van der Waals surface area contributed by atoms with Gasteiger partial charge >= 0.3 is 0 Å². The van der Waals surface area contributed by atoms with Crippen LogP contribution in [0.2, 0.25) is 0 Å². The van der Waals surface area contributed by atoms with Crippen molar-refractivity contribution in [2.75, 3.05) is 5.32 Å². The van der Waals surface area contributed by atoms with Gasteiger partial charge in [0, 0.05) is 46.7 Å². The molecule has 0 saturated carbocycles. The van der Waals surface area contributed by atoms with E-state index < -0.39 is 0 Å². The van der Waals surface area contributed by atoms with Gasteiger partial charge in [0.25, 0.3) is 0 Å². The maximum atomic E-state index is 3.75. The summed E-state index contributed by atoms with van der Waals surface area (Å²) >= 11 is 0. The summed E-state index contributed by atoms with van der Waals surface area (Å²) in [6.45, 7) is 0. The van der Waals surface area contributed by atoms with E-state index in [-0.39, 0.29) is 0 Å². The van der Waals surface area contributed by atoms with Crippen LogP contribution in [0.3, 0.4) is 0 Å². The molecule has 0 amide bonds. The van der Waals surface area contributed by atoms with Gasteiger partial charge in [0.2, 0.25) is 0 Å². The molecule has 3 aromatic rings. The van der Waals surface area contributed by atoms with Gasteiger partial charge < -0.3 is 9.88 Å². The normalized spacial score (nSPS) is 25.5. The minimum atomic E-state index is 0.466. The van der Waals surface area contributed by atoms with Gasteiger partial charge in [-0.15, -0.1) is 0 Å². The standard InChI is InChI=1S/C25H24N2/c1-27-24-9-5-3-7-20(24)21-13-11-17(15-25(21)27)16-10-12-19-18-6-2-4-8-22(18)26-23(19)14-16/h2-9,11,13-14,17,19,23,26H,10,12,15H2,1H3. The molecule has 2 nitrogen and oxygen atoms in total. The molecule has 0 saturated heterocycles. The van der Waals surface area contributed by atoms with Crippen LogP contribution in [0.25, 0.3) is 17.0 Å². The Labute approximate surface area is 160 Å². The highest BCUT2D eigenvalue weighted by Gasteiger charge is 2.35. The molecule has 2 aliphatic carbocycles. The number of nitrogens with one attached hydrogen (secondary N) is 1. The second-order valence-electron chi connectivity index (χ2n) is 8.25. The number of anilines is 1. The largest absolute Gasteiger partial charge is 0.378 e. The van der Waals surface area contributed by atoms with Crippen LogP contribution in [0.4, 0.5) is 5.69 Å². The van der Waals surface area contributed by atoms with Crippen molar-refractivity contribution in [2.45, 2.75) is 31.2 Å². The number of rotatable bonds is 1. The highest BCUT2D eigenvalue weighted by atomic mass is 15.0. The average molecular weight is 352 g/mol. The van der Waals surface area contributed by atoms with Crippen LogP contribution < -0.4 is 5.32 Å². The number of nitrogens with zero attached hydrogens (tertiary/aromatic N) is 1. The van der Waals surface area contributed by atoms with E-state index in [1.165, 1.54) is 46.3 Å². The fraction of sp³-hybridized carbons (Fsp3) is 0.280.